The summed E-state index contributed by atoms with van der Waals surface area (Å²) in [6.45, 7) is 5.54. The first kappa shape index (κ1) is 21.4. The lowest BCUT2D eigenvalue weighted by molar-refractivity contribution is -0.274. The van der Waals surface area contributed by atoms with Gasteiger partial charge in [-0.3, -0.25) is 4.68 Å². The molecule has 0 unspecified atom stereocenters. The topological polar surface area (TPSA) is 48.3 Å². The molecule has 1 N–H and O–H groups in total. The maximum absolute atomic E-state index is 12.5. The molecule has 27 heavy (non-hydrogen) atoms. The summed E-state index contributed by atoms with van der Waals surface area (Å²) in [6.07, 6.45) is 0.701. The Bertz CT molecular complexity index is 744. The van der Waals surface area contributed by atoms with Crippen LogP contribution in [0.1, 0.15) is 32.7 Å². The van der Waals surface area contributed by atoms with Crippen LogP contribution in [0.3, 0.4) is 0 Å². The zero-order valence-corrected chi connectivity index (χ0v) is 15.9. The number of hydrogen-bond acceptors (Lipinski definition) is 4. The lowest BCUT2D eigenvalue weighted by atomic mass is 10.1. The molecule has 1 aromatic heterocycles. The highest BCUT2D eigenvalue weighted by molar-refractivity contribution is 5.85. The molecule has 9 heteroatoms. The van der Waals surface area contributed by atoms with Crippen molar-refractivity contribution >= 4 is 12.4 Å². The third-order valence-corrected chi connectivity index (χ3v) is 4.14. The van der Waals surface area contributed by atoms with Gasteiger partial charge in [-0.2, -0.15) is 5.10 Å². The standard InChI is InChI=1S/C18H22F3N3O2.ClH/c1-12(2)25-17-9-15(26-18(19,20)21)3-4-16(17)13-10-23-24(11-13)14-5-7-22-8-6-14;/h3-4,9-12,14,22H,5-8H2,1-2H3;1H. The second-order valence-electron chi connectivity index (χ2n) is 6.56. The Balaban J connectivity index is 0.00000261. The van der Waals surface area contributed by atoms with E-state index in [-0.39, 0.29) is 24.3 Å². The zero-order valence-electron chi connectivity index (χ0n) is 15.1. The van der Waals surface area contributed by atoms with Crippen molar-refractivity contribution in [3.8, 4) is 22.6 Å². The molecule has 2 heterocycles. The van der Waals surface area contributed by atoms with Crippen LogP contribution in [-0.2, 0) is 0 Å². The van der Waals surface area contributed by atoms with Gasteiger partial charge in [0.15, 0.2) is 0 Å². The van der Waals surface area contributed by atoms with Crippen molar-refractivity contribution < 1.29 is 22.6 Å². The Morgan fingerprint density at radius 2 is 1.93 bits per heavy atom. The van der Waals surface area contributed by atoms with Crippen LogP contribution in [0, 0.1) is 0 Å². The molecule has 0 bridgehead atoms. The van der Waals surface area contributed by atoms with E-state index in [1.165, 1.54) is 12.1 Å². The highest BCUT2D eigenvalue weighted by atomic mass is 35.5. The fourth-order valence-electron chi connectivity index (χ4n) is 3.04. The lowest BCUT2D eigenvalue weighted by Gasteiger charge is -2.22. The van der Waals surface area contributed by atoms with Gasteiger partial charge in [0.2, 0.25) is 0 Å². The predicted octanol–water partition coefficient (Wildman–Crippen LogP) is 4.58. The Labute approximate surface area is 162 Å². The summed E-state index contributed by atoms with van der Waals surface area (Å²) < 4.78 is 49.1. The maximum Gasteiger partial charge on any atom is 0.573 e. The minimum atomic E-state index is -4.74. The number of halogens is 4. The smallest absolute Gasteiger partial charge is 0.490 e. The van der Waals surface area contributed by atoms with Crippen molar-refractivity contribution in [3.05, 3.63) is 30.6 Å². The van der Waals surface area contributed by atoms with E-state index in [0.717, 1.165) is 31.5 Å². The fraction of sp³-hybridized carbons (Fsp3) is 0.500. The Morgan fingerprint density at radius 3 is 2.56 bits per heavy atom. The summed E-state index contributed by atoms with van der Waals surface area (Å²) >= 11 is 0. The van der Waals surface area contributed by atoms with Gasteiger partial charge < -0.3 is 14.8 Å². The van der Waals surface area contributed by atoms with E-state index in [2.05, 4.69) is 15.2 Å². The number of nitrogens with zero attached hydrogens (tertiary/aromatic N) is 2. The van der Waals surface area contributed by atoms with Gasteiger partial charge in [-0.1, -0.05) is 0 Å². The van der Waals surface area contributed by atoms with Crippen LogP contribution in [0.5, 0.6) is 11.5 Å². The van der Waals surface area contributed by atoms with Gasteiger partial charge >= 0.3 is 6.36 Å². The van der Waals surface area contributed by atoms with Crippen molar-refractivity contribution in [2.45, 2.75) is 45.2 Å². The van der Waals surface area contributed by atoms with Crippen molar-refractivity contribution in [3.63, 3.8) is 0 Å². The number of aromatic nitrogens is 2. The van der Waals surface area contributed by atoms with Crippen molar-refractivity contribution in [1.29, 1.82) is 0 Å². The van der Waals surface area contributed by atoms with Crippen LogP contribution < -0.4 is 14.8 Å². The average molecular weight is 406 g/mol. The summed E-state index contributed by atoms with van der Waals surface area (Å²) in [5, 5.41) is 7.75. The molecule has 0 saturated carbocycles. The van der Waals surface area contributed by atoms with Gasteiger partial charge in [0.05, 0.1) is 18.3 Å². The number of benzene rings is 1. The number of piperidine rings is 1. The largest absolute Gasteiger partial charge is 0.573 e. The molecular formula is C18H23ClF3N3O2. The molecule has 5 nitrogen and oxygen atoms in total. The molecule has 0 aliphatic carbocycles. The van der Waals surface area contributed by atoms with Gasteiger partial charge in [-0.15, -0.1) is 25.6 Å². The van der Waals surface area contributed by atoms with E-state index in [4.69, 9.17) is 4.74 Å². The third-order valence-electron chi connectivity index (χ3n) is 4.14. The zero-order chi connectivity index (χ0) is 18.7. The summed E-state index contributed by atoms with van der Waals surface area (Å²) in [6, 6.07) is 4.46. The monoisotopic (exact) mass is 405 g/mol. The number of alkyl halides is 3. The molecule has 0 spiro atoms. The van der Waals surface area contributed by atoms with Gasteiger partial charge in [-0.05, 0) is 51.9 Å². The molecule has 1 aliphatic rings. The van der Waals surface area contributed by atoms with Crippen LogP contribution in [0.25, 0.3) is 11.1 Å². The fourth-order valence-corrected chi connectivity index (χ4v) is 3.04. The van der Waals surface area contributed by atoms with Gasteiger partial charge in [0.1, 0.15) is 11.5 Å². The van der Waals surface area contributed by atoms with Gasteiger partial charge in [-0.25, -0.2) is 0 Å². The van der Waals surface area contributed by atoms with Crippen molar-refractivity contribution in [1.82, 2.24) is 15.1 Å². The number of ether oxygens (including phenoxy) is 2. The van der Waals surface area contributed by atoms with E-state index in [9.17, 15) is 13.2 Å². The van der Waals surface area contributed by atoms with E-state index in [1.54, 1.807) is 12.3 Å². The van der Waals surface area contributed by atoms with Crippen LogP contribution >= 0.6 is 12.4 Å². The summed E-state index contributed by atoms with van der Waals surface area (Å²) in [5.41, 5.74) is 1.49. The highest BCUT2D eigenvalue weighted by Crippen LogP contribution is 2.36. The van der Waals surface area contributed by atoms with Crippen LogP contribution in [-0.4, -0.2) is 35.3 Å². The molecule has 1 aromatic carbocycles. The number of hydrogen-bond donors (Lipinski definition) is 1. The van der Waals surface area contributed by atoms with Crippen molar-refractivity contribution in [2.75, 3.05) is 13.1 Å². The van der Waals surface area contributed by atoms with E-state index < -0.39 is 6.36 Å². The summed E-state index contributed by atoms with van der Waals surface area (Å²) in [5.74, 6) is 0.0363. The highest BCUT2D eigenvalue weighted by Gasteiger charge is 2.31. The lowest BCUT2D eigenvalue weighted by Crippen LogP contribution is -2.29. The quantitative estimate of drug-likeness (QED) is 0.790. The Hall–Kier alpha value is -1.93. The Kier molecular flexibility index (Phi) is 7.00. The second-order valence-corrected chi connectivity index (χ2v) is 6.56. The number of rotatable bonds is 5. The SMILES string of the molecule is CC(C)Oc1cc(OC(F)(F)F)ccc1-c1cnn(C2CCNCC2)c1.Cl. The minimum Gasteiger partial charge on any atom is -0.490 e. The number of nitrogens with one attached hydrogen (secondary N) is 1. The summed E-state index contributed by atoms with van der Waals surface area (Å²) in [4.78, 5) is 0. The van der Waals surface area contributed by atoms with Crippen LogP contribution in [0.2, 0.25) is 0 Å². The molecule has 1 saturated heterocycles. The second kappa shape index (κ2) is 8.84. The predicted molar refractivity (Wildman–Crippen MR) is 98.5 cm³/mol. The molecule has 1 fully saturated rings. The van der Waals surface area contributed by atoms with Gasteiger partial charge in [0.25, 0.3) is 0 Å². The minimum absolute atomic E-state index is 0. The molecule has 2 aromatic rings. The molecule has 150 valence electrons. The normalized spacial score (nSPS) is 15.5. The third kappa shape index (κ3) is 5.77. The molecule has 0 atom stereocenters. The molecule has 3 rings (SSSR count). The molecule has 0 amide bonds. The van der Waals surface area contributed by atoms with Gasteiger partial charge in [0, 0.05) is 23.4 Å². The van der Waals surface area contributed by atoms with E-state index in [1.807, 2.05) is 24.7 Å². The summed E-state index contributed by atoms with van der Waals surface area (Å²) in [7, 11) is 0. The van der Waals surface area contributed by atoms with Crippen LogP contribution in [0.4, 0.5) is 13.2 Å². The van der Waals surface area contributed by atoms with E-state index >= 15 is 0 Å². The van der Waals surface area contributed by atoms with Crippen molar-refractivity contribution in [2.24, 2.45) is 0 Å². The van der Waals surface area contributed by atoms with Crippen LogP contribution in [0.15, 0.2) is 30.6 Å². The Morgan fingerprint density at radius 1 is 1.22 bits per heavy atom. The molecule has 1 aliphatic heterocycles. The maximum atomic E-state index is 12.5. The molecular weight excluding hydrogens is 383 g/mol. The average Bonchev–Trinajstić information content (AvgIpc) is 3.03. The molecule has 0 radical (unpaired) electrons. The first-order valence-electron chi connectivity index (χ1n) is 8.63. The first-order chi connectivity index (χ1) is 12.3. The first-order valence-corrected chi connectivity index (χ1v) is 8.63. The van der Waals surface area contributed by atoms with E-state index in [0.29, 0.717) is 17.4 Å².